The Morgan fingerprint density at radius 3 is 2.50 bits per heavy atom. The van der Waals surface area contributed by atoms with E-state index in [2.05, 4.69) is 59.1 Å². The molecular formula is C13H20INO. The Morgan fingerprint density at radius 1 is 1.31 bits per heavy atom. The third-order valence-corrected chi connectivity index (χ3v) is 3.26. The molecule has 3 heteroatoms. The Balaban J connectivity index is 2.32. The molecule has 90 valence electrons. The fourth-order valence-corrected chi connectivity index (χ4v) is 2.06. The second-order valence-electron chi connectivity index (χ2n) is 4.48. The van der Waals surface area contributed by atoms with Crippen molar-refractivity contribution in [1.82, 2.24) is 5.32 Å². The first kappa shape index (κ1) is 13.9. The van der Waals surface area contributed by atoms with E-state index in [0.29, 0.717) is 6.54 Å². The lowest BCUT2D eigenvalue weighted by Crippen LogP contribution is -2.37. The van der Waals surface area contributed by atoms with Crippen LogP contribution in [-0.2, 0) is 6.54 Å². The van der Waals surface area contributed by atoms with Gasteiger partial charge in [0.15, 0.2) is 0 Å². The van der Waals surface area contributed by atoms with Crippen LogP contribution in [0.25, 0.3) is 0 Å². The van der Waals surface area contributed by atoms with Gasteiger partial charge in [-0.3, -0.25) is 0 Å². The Bertz CT molecular complexity index is 308. The second kappa shape index (κ2) is 6.57. The summed E-state index contributed by atoms with van der Waals surface area (Å²) in [5, 5.41) is 13.3. The molecule has 2 nitrogen and oxygen atoms in total. The zero-order chi connectivity index (χ0) is 12.0. The smallest absolute Gasteiger partial charge is 0.0743 e. The molecule has 0 fully saturated rings. The number of nitrogens with one attached hydrogen (secondary N) is 1. The number of aliphatic hydroxyl groups is 1. The van der Waals surface area contributed by atoms with Crippen molar-refractivity contribution < 1.29 is 5.11 Å². The van der Waals surface area contributed by atoms with Crippen LogP contribution in [0.15, 0.2) is 24.3 Å². The molecule has 1 aromatic rings. The lowest BCUT2D eigenvalue weighted by Gasteiger charge is -2.23. The third kappa shape index (κ3) is 5.27. The normalized spacial score (nSPS) is 14.8. The van der Waals surface area contributed by atoms with Crippen LogP contribution in [0.2, 0.25) is 0 Å². The van der Waals surface area contributed by atoms with E-state index in [1.165, 1.54) is 9.13 Å². The summed E-state index contributed by atoms with van der Waals surface area (Å²) in [6, 6.07) is 8.43. The van der Waals surface area contributed by atoms with Crippen molar-refractivity contribution in [3.05, 3.63) is 33.4 Å². The SMILES string of the molecule is CCCC(C)(O)CNCc1ccc(I)cc1. The van der Waals surface area contributed by atoms with Crippen LogP contribution in [0.5, 0.6) is 0 Å². The molecule has 0 aromatic heterocycles. The highest BCUT2D eigenvalue weighted by molar-refractivity contribution is 14.1. The summed E-state index contributed by atoms with van der Waals surface area (Å²) < 4.78 is 1.25. The van der Waals surface area contributed by atoms with Crippen LogP contribution >= 0.6 is 22.6 Å². The summed E-state index contributed by atoms with van der Waals surface area (Å²) >= 11 is 2.30. The van der Waals surface area contributed by atoms with Crippen LogP contribution in [-0.4, -0.2) is 17.3 Å². The van der Waals surface area contributed by atoms with Gasteiger partial charge in [0, 0.05) is 16.7 Å². The first-order valence-corrected chi connectivity index (χ1v) is 6.79. The molecule has 1 unspecified atom stereocenters. The molecule has 0 saturated heterocycles. The van der Waals surface area contributed by atoms with Gasteiger partial charge in [-0.25, -0.2) is 0 Å². The predicted octanol–water partition coefficient (Wildman–Crippen LogP) is 2.93. The highest BCUT2D eigenvalue weighted by atomic mass is 127. The minimum Gasteiger partial charge on any atom is -0.389 e. The average Bonchev–Trinajstić information content (AvgIpc) is 2.20. The lowest BCUT2D eigenvalue weighted by atomic mass is 10.0. The molecule has 0 spiro atoms. The van der Waals surface area contributed by atoms with Crippen molar-refractivity contribution in [2.24, 2.45) is 0 Å². The Morgan fingerprint density at radius 2 is 1.94 bits per heavy atom. The number of hydrogen-bond acceptors (Lipinski definition) is 2. The molecule has 0 aliphatic carbocycles. The number of hydrogen-bond donors (Lipinski definition) is 2. The van der Waals surface area contributed by atoms with Gasteiger partial charge in [0.1, 0.15) is 0 Å². The van der Waals surface area contributed by atoms with Crippen molar-refractivity contribution in [3.8, 4) is 0 Å². The summed E-state index contributed by atoms with van der Waals surface area (Å²) in [5.74, 6) is 0. The van der Waals surface area contributed by atoms with Crippen molar-refractivity contribution in [3.63, 3.8) is 0 Å². The van der Waals surface area contributed by atoms with Crippen LogP contribution in [0, 0.1) is 3.57 Å². The minimum absolute atomic E-state index is 0.585. The molecule has 16 heavy (non-hydrogen) atoms. The van der Waals surface area contributed by atoms with Gasteiger partial charge in [0.2, 0.25) is 0 Å². The summed E-state index contributed by atoms with van der Waals surface area (Å²) in [4.78, 5) is 0. The zero-order valence-corrected chi connectivity index (χ0v) is 12.1. The van der Waals surface area contributed by atoms with E-state index in [-0.39, 0.29) is 0 Å². The topological polar surface area (TPSA) is 32.3 Å². The average molecular weight is 333 g/mol. The Kier molecular flexibility index (Phi) is 5.72. The lowest BCUT2D eigenvalue weighted by molar-refractivity contribution is 0.0498. The molecule has 1 rings (SSSR count). The van der Waals surface area contributed by atoms with Crippen LogP contribution in [0.1, 0.15) is 32.3 Å². The Labute approximate surface area is 112 Å². The van der Waals surface area contributed by atoms with Gasteiger partial charge in [-0.1, -0.05) is 25.5 Å². The maximum atomic E-state index is 9.97. The van der Waals surface area contributed by atoms with Crippen molar-refractivity contribution >= 4 is 22.6 Å². The quantitative estimate of drug-likeness (QED) is 0.785. The van der Waals surface area contributed by atoms with Crippen molar-refractivity contribution in [2.45, 2.75) is 38.8 Å². The number of benzene rings is 1. The van der Waals surface area contributed by atoms with Crippen molar-refractivity contribution in [2.75, 3.05) is 6.54 Å². The summed E-state index contributed by atoms with van der Waals surface area (Å²) in [6.07, 6.45) is 1.85. The molecule has 0 saturated carbocycles. The van der Waals surface area contributed by atoms with E-state index in [1.807, 2.05) is 6.92 Å². The van der Waals surface area contributed by atoms with E-state index in [0.717, 1.165) is 19.4 Å². The van der Waals surface area contributed by atoms with Gasteiger partial charge in [0.05, 0.1) is 5.60 Å². The fraction of sp³-hybridized carbons (Fsp3) is 0.538. The van der Waals surface area contributed by atoms with Gasteiger partial charge in [0.25, 0.3) is 0 Å². The van der Waals surface area contributed by atoms with Gasteiger partial charge >= 0.3 is 0 Å². The van der Waals surface area contributed by atoms with Crippen molar-refractivity contribution in [1.29, 1.82) is 0 Å². The third-order valence-electron chi connectivity index (χ3n) is 2.54. The van der Waals surface area contributed by atoms with E-state index in [1.54, 1.807) is 0 Å². The maximum Gasteiger partial charge on any atom is 0.0743 e. The van der Waals surface area contributed by atoms with Crippen LogP contribution in [0.3, 0.4) is 0 Å². The van der Waals surface area contributed by atoms with E-state index >= 15 is 0 Å². The molecule has 0 aliphatic heterocycles. The molecule has 2 N–H and O–H groups in total. The summed E-state index contributed by atoms with van der Waals surface area (Å²) in [5.41, 5.74) is 0.672. The van der Waals surface area contributed by atoms with E-state index in [4.69, 9.17) is 0 Å². The molecule has 0 bridgehead atoms. The molecule has 1 atom stereocenters. The van der Waals surface area contributed by atoms with Crippen LogP contribution in [0.4, 0.5) is 0 Å². The van der Waals surface area contributed by atoms with E-state index < -0.39 is 5.60 Å². The first-order chi connectivity index (χ1) is 7.53. The van der Waals surface area contributed by atoms with Gasteiger partial charge < -0.3 is 10.4 Å². The number of rotatable bonds is 6. The summed E-state index contributed by atoms with van der Waals surface area (Å²) in [7, 11) is 0. The first-order valence-electron chi connectivity index (χ1n) is 5.71. The van der Waals surface area contributed by atoms with Gasteiger partial charge in [-0.2, -0.15) is 0 Å². The fourth-order valence-electron chi connectivity index (χ4n) is 1.71. The van der Waals surface area contributed by atoms with Gasteiger partial charge in [-0.05, 0) is 53.6 Å². The monoisotopic (exact) mass is 333 g/mol. The molecule has 1 aromatic carbocycles. The largest absolute Gasteiger partial charge is 0.389 e. The molecule has 0 amide bonds. The maximum absolute atomic E-state index is 9.97. The highest BCUT2D eigenvalue weighted by Crippen LogP contribution is 2.11. The summed E-state index contributed by atoms with van der Waals surface area (Å²) in [6.45, 7) is 5.44. The molecule has 0 heterocycles. The molecule has 0 radical (unpaired) electrons. The molecular weight excluding hydrogens is 313 g/mol. The van der Waals surface area contributed by atoms with Crippen LogP contribution < -0.4 is 5.32 Å². The predicted molar refractivity (Wildman–Crippen MR) is 76.4 cm³/mol. The highest BCUT2D eigenvalue weighted by Gasteiger charge is 2.17. The van der Waals surface area contributed by atoms with E-state index in [9.17, 15) is 5.11 Å². The second-order valence-corrected chi connectivity index (χ2v) is 5.72. The Hall–Kier alpha value is -0.130. The minimum atomic E-state index is -0.585. The number of halogens is 1. The standard InChI is InChI=1S/C13H20INO/c1-3-8-13(2,16)10-15-9-11-4-6-12(14)7-5-11/h4-7,15-16H,3,8-10H2,1-2H3. The molecule has 0 aliphatic rings. The van der Waals surface area contributed by atoms with Gasteiger partial charge in [-0.15, -0.1) is 0 Å². The zero-order valence-electron chi connectivity index (χ0n) is 9.96.